The lowest BCUT2D eigenvalue weighted by atomic mass is 9.90. The third-order valence-electron chi connectivity index (χ3n) is 5.01. The highest BCUT2D eigenvalue weighted by atomic mass is 16.4. The van der Waals surface area contributed by atoms with Gasteiger partial charge in [-0.25, -0.2) is 4.79 Å². The molecule has 1 aliphatic rings. The molecule has 1 aliphatic carbocycles. The van der Waals surface area contributed by atoms with E-state index in [2.05, 4.69) is 5.32 Å². The van der Waals surface area contributed by atoms with E-state index in [-0.39, 0.29) is 23.1 Å². The number of carboxylic acids is 1. The summed E-state index contributed by atoms with van der Waals surface area (Å²) in [5.41, 5.74) is 2.25. The second kappa shape index (κ2) is 6.33. The van der Waals surface area contributed by atoms with E-state index in [1.54, 1.807) is 18.4 Å². The molecule has 0 fully saturated rings. The number of benzene rings is 2. The van der Waals surface area contributed by atoms with Crippen LogP contribution in [0.1, 0.15) is 56.5 Å². The highest BCUT2D eigenvalue weighted by molar-refractivity contribution is 6.08. The van der Waals surface area contributed by atoms with E-state index in [1.165, 1.54) is 0 Å². The lowest BCUT2D eigenvalue weighted by Crippen LogP contribution is -2.32. The fourth-order valence-corrected chi connectivity index (χ4v) is 3.77. The molecule has 0 radical (unpaired) electrons. The average Bonchev–Trinajstić information content (AvgIpc) is 3.02. The molecule has 5 heteroatoms. The molecular weight excluding hydrogens is 330 g/mol. The van der Waals surface area contributed by atoms with Crippen molar-refractivity contribution in [2.45, 2.75) is 32.2 Å². The van der Waals surface area contributed by atoms with Crippen molar-refractivity contribution in [3.05, 3.63) is 70.7 Å². The highest BCUT2D eigenvalue weighted by Crippen LogP contribution is 2.34. The van der Waals surface area contributed by atoms with E-state index < -0.39 is 5.97 Å². The molecule has 0 spiro atoms. The van der Waals surface area contributed by atoms with Crippen molar-refractivity contribution in [3.63, 3.8) is 0 Å². The van der Waals surface area contributed by atoms with Gasteiger partial charge in [0.15, 0.2) is 0 Å². The number of nitrogens with one attached hydrogen (secondary N) is 1. The number of aryl methyl sites for hydroxylation is 2. The van der Waals surface area contributed by atoms with Crippen LogP contribution in [0.5, 0.6) is 0 Å². The Bertz CT molecular complexity index is 1020. The van der Waals surface area contributed by atoms with Gasteiger partial charge in [0.2, 0.25) is 0 Å². The number of carbonyl (C=O) groups is 2. The van der Waals surface area contributed by atoms with Crippen LogP contribution in [0, 0.1) is 6.92 Å². The molecule has 0 saturated carbocycles. The number of carbonyl (C=O) groups excluding carboxylic acids is 1. The summed E-state index contributed by atoms with van der Waals surface area (Å²) in [7, 11) is 0. The summed E-state index contributed by atoms with van der Waals surface area (Å²) in [6.07, 6.45) is 4.32. The Morgan fingerprint density at radius 3 is 2.54 bits per heavy atom. The highest BCUT2D eigenvalue weighted by Gasteiger charge is 2.28. The Labute approximate surface area is 150 Å². The first kappa shape index (κ1) is 16.4. The number of aromatic carboxylic acids is 1. The summed E-state index contributed by atoms with van der Waals surface area (Å²) in [4.78, 5) is 24.6. The summed E-state index contributed by atoms with van der Waals surface area (Å²) in [6, 6.07) is 10.5. The SMILES string of the molecule is Cc1coc2c1C(NC(=O)c1cc3ccccc3cc1C(=O)O)CCC2. The number of hydrogen-bond acceptors (Lipinski definition) is 3. The Kier molecular flexibility index (Phi) is 3.99. The fourth-order valence-electron chi connectivity index (χ4n) is 3.77. The lowest BCUT2D eigenvalue weighted by molar-refractivity contribution is 0.0690. The van der Waals surface area contributed by atoms with Gasteiger partial charge in [-0.3, -0.25) is 4.79 Å². The van der Waals surface area contributed by atoms with Gasteiger partial charge in [0.25, 0.3) is 5.91 Å². The third-order valence-corrected chi connectivity index (χ3v) is 5.01. The molecule has 0 bridgehead atoms. The summed E-state index contributed by atoms with van der Waals surface area (Å²) in [6.45, 7) is 1.96. The minimum Gasteiger partial charge on any atom is -0.478 e. The normalized spacial score (nSPS) is 16.3. The molecule has 1 unspecified atom stereocenters. The summed E-state index contributed by atoms with van der Waals surface area (Å²) >= 11 is 0. The molecular formula is C21H19NO4. The van der Waals surface area contributed by atoms with Gasteiger partial charge in [0.05, 0.1) is 23.4 Å². The predicted octanol–water partition coefficient (Wildman–Crippen LogP) is 4.25. The molecule has 3 aromatic rings. The molecule has 0 saturated heterocycles. The van der Waals surface area contributed by atoms with Crippen LogP contribution in [0.3, 0.4) is 0 Å². The van der Waals surface area contributed by atoms with E-state index in [0.717, 1.165) is 46.9 Å². The smallest absolute Gasteiger partial charge is 0.336 e. The van der Waals surface area contributed by atoms with Gasteiger partial charge >= 0.3 is 5.97 Å². The topological polar surface area (TPSA) is 79.5 Å². The molecule has 1 amide bonds. The first-order valence-corrected chi connectivity index (χ1v) is 8.68. The van der Waals surface area contributed by atoms with Gasteiger partial charge in [0, 0.05) is 12.0 Å². The summed E-state index contributed by atoms with van der Waals surface area (Å²) < 4.78 is 5.58. The Morgan fingerprint density at radius 1 is 1.15 bits per heavy atom. The first-order chi connectivity index (χ1) is 12.5. The van der Waals surface area contributed by atoms with E-state index in [1.807, 2.05) is 31.2 Å². The van der Waals surface area contributed by atoms with Crippen LogP contribution in [0.15, 0.2) is 47.1 Å². The monoisotopic (exact) mass is 349 g/mol. The quantitative estimate of drug-likeness (QED) is 0.741. The second-order valence-electron chi connectivity index (χ2n) is 6.72. The molecule has 0 aliphatic heterocycles. The van der Waals surface area contributed by atoms with Crippen LogP contribution in [-0.2, 0) is 6.42 Å². The van der Waals surface area contributed by atoms with Gasteiger partial charge in [-0.2, -0.15) is 0 Å². The zero-order valence-electron chi connectivity index (χ0n) is 14.4. The number of carboxylic acid groups (broad SMARTS) is 1. The van der Waals surface area contributed by atoms with E-state index in [9.17, 15) is 14.7 Å². The molecule has 4 rings (SSSR count). The number of hydrogen-bond donors (Lipinski definition) is 2. The van der Waals surface area contributed by atoms with E-state index in [0.29, 0.717) is 0 Å². The van der Waals surface area contributed by atoms with Crippen molar-refractivity contribution < 1.29 is 19.1 Å². The van der Waals surface area contributed by atoms with Gasteiger partial charge in [0.1, 0.15) is 5.76 Å². The van der Waals surface area contributed by atoms with Crippen LogP contribution in [0.2, 0.25) is 0 Å². The fraction of sp³-hybridized carbons (Fsp3) is 0.238. The standard InChI is InChI=1S/C21H19NO4/c1-12-11-26-18-8-4-7-17(19(12)18)22-20(23)15-9-13-5-2-3-6-14(13)10-16(15)21(24)25/h2-3,5-6,9-11,17H,4,7-8H2,1H3,(H,22,23)(H,24,25). The Morgan fingerprint density at radius 2 is 1.85 bits per heavy atom. The molecule has 132 valence electrons. The van der Waals surface area contributed by atoms with Crippen LogP contribution in [0.25, 0.3) is 10.8 Å². The maximum absolute atomic E-state index is 12.9. The van der Waals surface area contributed by atoms with Crippen LogP contribution >= 0.6 is 0 Å². The number of rotatable bonds is 3. The van der Waals surface area contributed by atoms with Crippen LogP contribution in [-0.4, -0.2) is 17.0 Å². The molecule has 2 N–H and O–H groups in total. The van der Waals surface area contributed by atoms with E-state index in [4.69, 9.17) is 4.42 Å². The van der Waals surface area contributed by atoms with Gasteiger partial charge < -0.3 is 14.8 Å². The molecule has 1 aromatic heterocycles. The maximum Gasteiger partial charge on any atom is 0.336 e. The number of fused-ring (bicyclic) bond motifs is 2. The number of amides is 1. The van der Waals surface area contributed by atoms with Crippen molar-refractivity contribution in [1.82, 2.24) is 5.32 Å². The van der Waals surface area contributed by atoms with Gasteiger partial charge in [-0.15, -0.1) is 0 Å². The number of furan rings is 1. The van der Waals surface area contributed by atoms with Gasteiger partial charge in [-0.1, -0.05) is 24.3 Å². The summed E-state index contributed by atoms with van der Waals surface area (Å²) in [5, 5.41) is 14.2. The molecule has 1 heterocycles. The van der Waals surface area contributed by atoms with Crippen LogP contribution < -0.4 is 5.32 Å². The van der Waals surface area contributed by atoms with Crippen LogP contribution in [0.4, 0.5) is 0 Å². The van der Waals surface area contributed by atoms with Crippen molar-refractivity contribution in [2.24, 2.45) is 0 Å². The Hall–Kier alpha value is -3.08. The largest absolute Gasteiger partial charge is 0.478 e. The molecule has 2 aromatic carbocycles. The maximum atomic E-state index is 12.9. The minimum absolute atomic E-state index is 0.0150. The lowest BCUT2D eigenvalue weighted by Gasteiger charge is -2.24. The molecule has 5 nitrogen and oxygen atoms in total. The van der Waals surface area contributed by atoms with Crippen molar-refractivity contribution in [3.8, 4) is 0 Å². The predicted molar refractivity (Wildman–Crippen MR) is 97.5 cm³/mol. The van der Waals surface area contributed by atoms with Crippen molar-refractivity contribution in [2.75, 3.05) is 0 Å². The zero-order chi connectivity index (χ0) is 18.3. The average molecular weight is 349 g/mol. The molecule has 26 heavy (non-hydrogen) atoms. The minimum atomic E-state index is -1.11. The first-order valence-electron chi connectivity index (χ1n) is 8.68. The molecule has 1 atom stereocenters. The van der Waals surface area contributed by atoms with Gasteiger partial charge in [-0.05, 0) is 48.2 Å². The van der Waals surface area contributed by atoms with Crippen molar-refractivity contribution >= 4 is 22.6 Å². The van der Waals surface area contributed by atoms with Crippen molar-refractivity contribution in [1.29, 1.82) is 0 Å². The summed E-state index contributed by atoms with van der Waals surface area (Å²) in [5.74, 6) is -0.563. The van der Waals surface area contributed by atoms with E-state index >= 15 is 0 Å². The second-order valence-corrected chi connectivity index (χ2v) is 6.72. The third kappa shape index (κ3) is 2.75. The Balaban J connectivity index is 1.72. The zero-order valence-corrected chi connectivity index (χ0v) is 14.4.